The number of nitrogens with zero attached hydrogens (tertiary/aromatic N) is 2. The van der Waals surface area contributed by atoms with Gasteiger partial charge in [0, 0.05) is 31.5 Å². The third kappa shape index (κ3) is 6.26. The lowest BCUT2D eigenvalue weighted by Crippen LogP contribution is -2.26. The van der Waals surface area contributed by atoms with Gasteiger partial charge in [0.25, 0.3) is 0 Å². The van der Waals surface area contributed by atoms with E-state index in [1.165, 1.54) is 29.0 Å². The van der Waals surface area contributed by atoms with Gasteiger partial charge in [0.2, 0.25) is 0 Å². The van der Waals surface area contributed by atoms with Crippen LogP contribution in [0.2, 0.25) is 0 Å². The molecular formula is C25H30F2N2. The Morgan fingerprint density at radius 1 is 0.897 bits per heavy atom. The summed E-state index contributed by atoms with van der Waals surface area (Å²) >= 11 is 0. The number of halogens is 2. The van der Waals surface area contributed by atoms with Gasteiger partial charge in [0.05, 0.1) is 0 Å². The Bertz CT molecular complexity index is 930. The SMILES string of the molecule is Cc1cccc(Cn2cccc2CN(CCC(C)C)Cc2ccc(F)c(F)c2)c1. The van der Waals surface area contributed by atoms with E-state index in [1.807, 2.05) is 0 Å². The predicted molar refractivity (Wildman–Crippen MR) is 115 cm³/mol. The summed E-state index contributed by atoms with van der Waals surface area (Å²) in [5.41, 5.74) is 4.55. The molecular weight excluding hydrogens is 366 g/mol. The zero-order chi connectivity index (χ0) is 20.8. The molecule has 2 aromatic carbocycles. The van der Waals surface area contributed by atoms with Crippen molar-refractivity contribution in [3.05, 3.63) is 94.8 Å². The van der Waals surface area contributed by atoms with Gasteiger partial charge in [0.15, 0.2) is 11.6 Å². The van der Waals surface area contributed by atoms with Gasteiger partial charge in [-0.3, -0.25) is 4.90 Å². The van der Waals surface area contributed by atoms with Crippen LogP contribution in [0.4, 0.5) is 8.78 Å². The quantitative estimate of drug-likeness (QED) is 0.420. The van der Waals surface area contributed by atoms with E-state index >= 15 is 0 Å². The third-order valence-electron chi connectivity index (χ3n) is 5.16. The van der Waals surface area contributed by atoms with Crippen LogP contribution in [0.3, 0.4) is 0 Å². The van der Waals surface area contributed by atoms with Crippen LogP contribution in [-0.4, -0.2) is 16.0 Å². The minimum Gasteiger partial charge on any atom is -0.346 e. The van der Waals surface area contributed by atoms with Crippen molar-refractivity contribution < 1.29 is 8.78 Å². The molecule has 0 saturated carbocycles. The van der Waals surface area contributed by atoms with Crippen molar-refractivity contribution in [2.45, 2.75) is 46.8 Å². The molecule has 1 aromatic heterocycles. The van der Waals surface area contributed by atoms with Gasteiger partial charge in [0.1, 0.15) is 0 Å². The largest absolute Gasteiger partial charge is 0.346 e. The molecule has 3 aromatic rings. The van der Waals surface area contributed by atoms with E-state index in [-0.39, 0.29) is 0 Å². The van der Waals surface area contributed by atoms with Crippen molar-refractivity contribution in [3.63, 3.8) is 0 Å². The maximum Gasteiger partial charge on any atom is 0.159 e. The van der Waals surface area contributed by atoms with E-state index in [2.05, 4.69) is 72.8 Å². The van der Waals surface area contributed by atoms with E-state index in [4.69, 9.17) is 0 Å². The van der Waals surface area contributed by atoms with Gasteiger partial charge < -0.3 is 4.57 Å². The molecule has 0 amide bonds. The smallest absolute Gasteiger partial charge is 0.159 e. The molecule has 0 saturated heterocycles. The molecule has 29 heavy (non-hydrogen) atoms. The Balaban J connectivity index is 1.75. The number of benzene rings is 2. The summed E-state index contributed by atoms with van der Waals surface area (Å²) in [6.45, 7) is 9.62. The van der Waals surface area contributed by atoms with Crippen LogP contribution < -0.4 is 0 Å². The fraction of sp³-hybridized carbons (Fsp3) is 0.360. The first-order valence-electron chi connectivity index (χ1n) is 10.3. The van der Waals surface area contributed by atoms with Gasteiger partial charge >= 0.3 is 0 Å². The zero-order valence-electron chi connectivity index (χ0n) is 17.5. The van der Waals surface area contributed by atoms with Gasteiger partial charge in [-0.2, -0.15) is 0 Å². The predicted octanol–water partition coefficient (Wildman–Crippen LogP) is 6.17. The Morgan fingerprint density at radius 2 is 1.72 bits per heavy atom. The summed E-state index contributed by atoms with van der Waals surface area (Å²) in [7, 11) is 0. The van der Waals surface area contributed by atoms with E-state index in [0.717, 1.165) is 31.6 Å². The molecule has 154 valence electrons. The number of hydrogen-bond donors (Lipinski definition) is 0. The minimum atomic E-state index is -0.797. The maximum absolute atomic E-state index is 13.7. The molecule has 0 unspecified atom stereocenters. The fourth-order valence-electron chi connectivity index (χ4n) is 3.53. The van der Waals surface area contributed by atoms with Crippen molar-refractivity contribution in [3.8, 4) is 0 Å². The molecule has 3 rings (SSSR count). The van der Waals surface area contributed by atoms with Gasteiger partial charge in [-0.25, -0.2) is 8.78 Å². The van der Waals surface area contributed by atoms with Crippen LogP contribution in [0.15, 0.2) is 60.8 Å². The second-order valence-electron chi connectivity index (χ2n) is 8.26. The molecule has 0 bridgehead atoms. The molecule has 0 spiro atoms. The minimum absolute atomic E-state index is 0.585. The topological polar surface area (TPSA) is 8.17 Å². The first-order chi connectivity index (χ1) is 13.9. The molecule has 0 aliphatic heterocycles. The normalized spacial score (nSPS) is 11.6. The van der Waals surface area contributed by atoms with Crippen LogP contribution in [0, 0.1) is 24.5 Å². The van der Waals surface area contributed by atoms with Crippen LogP contribution in [0.25, 0.3) is 0 Å². The molecule has 0 aliphatic carbocycles. The lowest BCUT2D eigenvalue weighted by molar-refractivity contribution is 0.235. The monoisotopic (exact) mass is 396 g/mol. The number of rotatable bonds is 9. The van der Waals surface area contributed by atoms with Crippen molar-refractivity contribution in [1.82, 2.24) is 9.47 Å². The molecule has 4 heteroatoms. The highest BCUT2D eigenvalue weighted by molar-refractivity contribution is 5.23. The lowest BCUT2D eigenvalue weighted by atomic mass is 10.1. The van der Waals surface area contributed by atoms with Crippen molar-refractivity contribution >= 4 is 0 Å². The average molecular weight is 397 g/mol. The summed E-state index contributed by atoms with van der Waals surface area (Å²) in [6, 6.07) is 17.0. The first-order valence-corrected chi connectivity index (χ1v) is 10.3. The molecule has 0 N–H and O–H groups in total. The Morgan fingerprint density at radius 3 is 2.45 bits per heavy atom. The highest BCUT2D eigenvalue weighted by Crippen LogP contribution is 2.17. The lowest BCUT2D eigenvalue weighted by Gasteiger charge is -2.24. The van der Waals surface area contributed by atoms with Crippen LogP contribution >= 0.6 is 0 Å². The van der Waals surface area contributed by atoms with Crippen LogP contribution in [-0.2, 0) is 19.6 Å². The van der Waals surface area contributed by atoms with Crippen molar-refractivity contribution in [1.29, 1.82) is 0 Å². The maximum atomic E-state index is 13.7. The highest BCUT2D eigenvalue weighted by atomic mass is 19.2. The second-order valence-corrected chi connectivity index (χ2v) is 8.26. The summed E-state index contributed by atoms with van der Waals surface area (Å²) < 4.78 is 29.2. The average Bonchev–Trinajstić information content (AvgIpc) is 3.09. The first kappa shape index (κ1) is 21.3. The van der Waals surface area contributed by atoms with Crippen molar-refractivity contribution in [2.24, 2.45) is 5.92 Å². The summed E-state index contributed by atoms with van der Waals surface area (Å²) in [6.07, 6.45) is 3.16. The Kier molecular flexibility index (Phi) is 7.21. The fourth-order valence-corrected chi connectivity index (χ4v) is 3.53. The molecule has 0 fully saturated rings. The van der Waals surface area contributed by atoms with E-state index < -0.39 is 11.6 Å². The van der Waals surface area contributed by atoms with E-state index in [1.54, 1.807) is 6.07 Å². The molecule has 0 aliphatic rings. The summed E-state index contributed by atoms with van der Waals surface area (Å²) in [5.74, 6) is -0.995. The number of aryl methyl sites for hydroxylation is 1. The van der Waals surface area contributed by atoms with Crippen LogP contribution in [0.5, 0.6) is 0 Å². The molecule has 2 nitrogen and oxygen atoms in total. The summed E-state index contributed by atoms with van der Waals surface area (Å²) in [5, 5.41) is 0. The summed E-state index contributed by atoms with van der Waals surface area (Å²) in [4.78, 5) is 2.31. The molecule has 1 heterocycles. The van der Waals surface area contributed by atoms with Crippen LogP contribution in [0.1, 0.15) is 42.7 Å². The Labute approximate surface area is 172 Å². The highest BCUT2D eigenvalue weighted by Gasteiger charge is 2.13. The van der Waals surface area contributed by atoms with Gasteiger partial charge in [-0.15, -0.1) is 0 Å². The third-order valence-corrected chi connectivity index (χ3v) is 5.16. The molecule has 0 radical (unpaired) electrons. The Hall–Kier alpha value is -2.46. The molecule has 0 atom stereocenters. The van der Waals surface area contributed by atoms with E-state index in [0.29, 0.717) is 12.5 Å². The number of hydrogen-bond acceptors (Lipinski definition) is 1. The number of aromatic nitrogens is 1. The second kappa shape index (κ2) is 9.84. The van der Waals surface area contributed by atoms with Gasteiger partial charge in [-0.05, 0) is 61.2 Å². The van der Waals surface area contributed by atoms with Gasteiger partial charge in [-0.1, -0.05) is 49.7 Å². The van der Waals surface area contributed by atoms with Crippen molar-refractivity contribution in [2.75, 3.05) is 6.54 Å². The zero-order valence-corrected chi connectivity index (χ0v) is 17.5. The van der Waals surface area contributed by atoms with E-state index in [9.17, 15) is 8.78 Å². The standard InChI is InChI=1S/C25H30F2N2/c1-19(2)11-13-28(16-22-9-10-24(26)25(27)15-22)18-23-8-5-12-29(23)17-21-7-4-6-20(3)14-21/h4-10,12,14-15,19H,11,13,16-18H2,1-3H3.